The molecule has 1 saturated heterocycles. The molecule has 1 aliphatic rings. The molecule has 3 rings (SSSR count). The highest BCUT2D eigenvalue weighted by Gasteiger charge is 2.40. The average molecular weight is 269 g/mol. The Hall–Kier alpha value is -2.10. The van der Waals surface area contributed by atoms with E-state index in [0.717, 1.165) is 31.5 Å². The van der Waals surface area contributed by atoms with Crippen molar-refractivity contribution in [1.82, 2.24) is 14.5 Å². The second-order valence-corrected chi connectivity index (χ2v) is 5.41. The van der Waals surface area contributed by atoms with Gasteiger partial charge >= 0.3 is 0 Å². The Kier molecular flexibility index (Phi) is 3.30. The molecule has 1 fully saturated rings. The van der Waals surface area contributed by atoms with Crippen molar-refractivity contribution in [3.05, 3.63) is 54.6 Å². The summed E-state index contributed by atoms with van der Waals surface area (Å²) in [6, 6.07) is 9.93. The van der Waals surface area contributed by atoms with Crippen LogP contribution in [0.4, 0.5) is 0 Å². The lowest BCUT2D eigenvalue weighted by Crippen LogP contribution is -2.48. The van der Waals surface area contributed by atoms with Gasteiger partial charge in [0.1, 0.15) is 5.54 Å². The maximum Gasteiger partial charge on any atom is 0.253 e. The number of imidazole rings is 1. The number of amides is 1. The van der Waals surface area contributed by atoms with Gasteiger partial charge in [0, 0.05) is 25.5 Å². The minimum absolute atomic E-state index is 0.152. The van der Waals surface area contributed by atoms with Gasteiger partial charge in [-0.3, -0.25) is 4.79 Å². The Balaban J connectivity index is 2.06. The molecule has 1 aliphatic heterocycles. The lowest BCUT2D eigenvalue weighted by Gasteiger charge is -2.34. The highest BCUT2D eigenvalue weighted by Crippen LogP contribution is 2.29. The van der Waals surface area contributed by atoms with E-state index >= 15 is 0 Å². The molecule has 0 bridgehead atoms. The molecule has 1 unspecified atom stereocenters. The Morgan fingerprint density at radius 2 is 1.90 bits per heavy atom. The van der Waals surface area contributed by atoms with E-state index in [0.29, 0.717) is 0 Å². The van der Waals surface area contributed by atoms with Crippen LogP contribution in [0.2, 0.25) is 0 Å². The van der Waals surface area contributed by atoms with Gasteiger partial charge in [-0.05, 0) is 25.3 Å². The van der Waals surface area contributed by atoms with E-state index in [9.17, 15) is 4.79 Å². The summed E-state index contributed by atoms with van der Waals surface area (Å²) in [7, 11) is 0. The van der Waals surface area contributed by atoms with E-state index < -0.39 is 5.54 Å². The zero-order valence-electron chi connectivity index (χ0n) is 11.7. The second kappa shape index (κ2) is 5.12. The third kappa shape index (κ3) is 2.01. The maximum absolute atomic E-state index is 13.0. The van der Waals surface area contributed by atoms with Crippen LogP contribution >= 0.6 is 0 Å². The van der Waals surface area contributed by atoms with Gasteiger partial charge in [0.15, 0.2) is 0 Å². The minimum atomic E-state index is -0.720. The molecule has 1 amide bonds. The summed E-state index contributed by atoms with van der Waals surface area (Å²) in [5, 5.41) is 0. The van der Waals surface area contributed by atoms with Crippen LogP contribution in [-0.2, 0) is 10.3 Å². The molecule has 4 heteroatoms. The van der Waals surface area contributed by atoms with Crippen LogP contribution in [0.3, 0.4) is 0 Å². The summed E-state index contributed by atoms with van der Waals surface area (Å²) in [5.74, 6) is 0.152. The lowest BCUT2D eigenvalue weighted by molar-refractivity contribution is -0.137. The van der Waals surface area contributed by atoms with Crippen LogP contribution in [0.5, 0.6) is 0 Å². The highest BCUT2D eigenvalue weighted by atomic mass is 16.2. The first-order valence-corrected chi connectivity index (χ1v) is 7.06. The van der Waals surface area contributed by atoms with Crippen LogP contribution in [0.15, 0.2) is 49.1 Å². The van der Waals surface area contributed by atoms with Crippen molar-refractivity contribution in [2.45, 2.75) is 25.3 Å². The molecule has 1 aromatic carbocycles. The third-order valence-electron chi connectivity index (χ3n) is 4.17. The number of carbonyl (C=O) groups is 1. The van der Waals surface area contributed by atoms with Crippen LogP contribution < -0.4 is 0 Å². The summed E-state index contributed by atoms with van der Waals surface area (Å²) in [5.41, 5.74) is 0.275. The molecule has 1 atom stereocenters. The molecule has 4 nitrogen and oxygen atoms in total. The standard InChI is InChI=1S/C16H19N3O/c1-16(19-12-9-17-13-19,14-7-3-2-4-8-14)15(20)18-10-5-6-11-18/h2-4,7-9,12-13H,5-6,10-11H2,1H3. The largest absolute Gasteiger partial charge is 0.340 e. The normalized spacial score (nSPS) is 17.9. The number of likely N-dealkylation sites (tertiary alicyclic amines) is 1. The monoisotopic (exact) mass is 269 g/mol. The number of hydrogen-bond acceptors (Lipinski definition) is 2. The summed E-state index contributed by atoms with van der Waals surface area (Å²) in [4.78, 5) is 19.1. The van der Waals surface area contributed by atoms with E-state index in [1.54, 1.807) is 12.5 Å². The first-order valence-electron chi connectivity index (χ1n) is 7.06. The van der Waals surface area contributed by atoms with Crippen molar-refractivity contribution in [3.8, 4) is 0 Å². The number of hydrogen-bond donors (Lipinski definition) is 0. The summed E-state index contributed by atoms with van der Waals surface area (Å²) in [6.07, 6.45) is 7.50. The molecule has 20 heavy (non-hydrogen) atoms. The van der Waals surface area contributed by atoms with Gasteiger partial charge in [-0.15, -0.1) is 0 Å². The van der Waals surface area contributed by atoms with Crippen LogP contribution in [0.1, 0.15) is 25.3 Å². The molecular formula is C16H19N3O. The molecule has 0 N–H and O–H groups in total. The fraction of sp³-hybridized carbons (Fsp3) is 0.375. The quantitative estimate of drug-likeness (QED) is 0.857. The van der Waals surface area contributed by atoms with Gasteiger partial charge in [0.05, 0.1) is 6.33 Å². The van der Waals surface area contributed by atoms with Crippen molar-refractivity contribution in [2.75, 3.05) is 13.1 Å². The van der Waals surface area contributed by atoms with Gasteiger partial charge in [-0.2, -0.15) is 0 Å². The summed E-state index contributed by atoms with van der Waals surface area (Å²) < 4.78 is 1.91. The van der Waals surface area contributed by atoms with Crippen molar-refractivity contribution in [1.29, 1.82) is 0 Å². The number of carbonyl (C=O) groups excluding carboxylic acids is 1. The zero-order chi connectivity index (χ0) is 14.0. The first-order chi connectivity index (χ1) is 9.73. The number of aromatic nitrogens is 2. The average Bonchev–Trinajstić information content (AvgIpc) is 3.19. The number of benzene rings is 1. The molecule has 0 saturated carbocycles. The molecule has 0 spiro atoms. The van der Waals surface area contributed by atoms with Crippen molar-refractivity contribution in [2.24, 2.45) is 0 Å². The Morgan fingerprint density at radius 3 is 2.50 bits per heavy atom. The highest BCUT2D eigenvalue weighted by molar-refractivity contribution is 5.88. The van der Waals surface area contributed by atoms with E-state index in [-0.39, 0.29) is 5.91 Å². The molecule has 0 radical (unpaired) electrons. The fourth-order valence-electron chi connectivity index (χ4n) is 2.90. The van der Waals surface area contributed by atoms with Crippen LogP contribution in [0, 0.1) is 0 Å². The zero-order valence-corrected chi connectivity index (χ0v) is 11.7. The van der Waals surface area contributed by atoms with Crippen LogP contribution in [-0.4, -0.2) is 33.4 Å². The summed E-state index contributed by atoms with van der Waals surface area (Å²) >= 11 is 0. The van der Waals surface area contributed by atoms with Crippen LogP contribution in [0.25, 0.3) is 0 Å². The molecule has 0 aliphatic carbocycles. The van der Waals surface area contributed by atoms with Gasteiger partial charge < -0.3 is 9.47 Å². The van der Waals surface area contributed by atoms with Crippen molar-refractivity contribution >= 4 is 5.91 Å². The predicted molar refractivity (Wildman–Crippen MR) is 77.2 cm³/mol. The summed E-state index contributed by atoms with van der Waals surface area (Å²) in [6.45, 7) is 3.69. The molecular weight excluding hydrogens is 250 g/mol. The predicted octanol–water partition coefficient (Wildman–Crippen LogP) is 2.27. The van der Waals surface area contributed by atoms with Gasteiger partial charge in [-0.25, -0.2) is 4.98 Å². The lowest BCUT2D eigenvalue weighted by atomic mass is 9.90. The van der Waals surface area contributed by atoms with Crippen molar-refractivity contribution < 1.29 is 4.79 Å². The molecule has 1 aromatic heterocycles. The number of nitrogens with zero attached hydrogens (tertiary/aromatic N) is 3. The number of rotatable bonds is 3. The van der Waals surface area contributed by atoms with Gasteiger partial charge in [-0.1, -0.05) is 30.3 Å². The first kappa shape index (κ1) is 12.9. The minimum Gasteiger partial charge on any atom is -0.340 e. The van der Waals surface area contributed by atoms with E-state index in [1.165, 1.54) is 0 Å². The van der Waals surface area contributed by atoms with E-state index in [4.69, 9.17) is 0 Å². The third-order valence-corrected chi connectivity index (χ3v) is 4.17. The van der Waals surface area contributed by atoms with Crippen molar-refractivity contribution in [3.63, 3.8) is 0 Å². The Labute approximate surface area is 119 Å². The Morgan fingerprint density at radius 1 is 1.20 bits per heavy atom. The van der Waals surface area contributed by atoms with Gasteiger partial charge in [0.2, 0.25) is 0 Å². The maximum atomic E-state index is 13.0. The smallest absolute Gasteiger partial charge is 0.253 e. The molecule has 2 heterocycles. The Bertz CT molecular complexity index is 573. The fourth-order valence-corrected chi connectivity index (χ4v) is 2.90. The van der Waals surface area contributed by atoms with E-state index in [1.807, 2.05) is 52.9 Å². The second-order valence-electron chi connectivity index (χ2n) is 5.41. The molecule has 104 valence electrons. The molecule has 2 aromatic rings. The SMILES string of the molecule is CC(C(=O)N1CCCC1)(c1ccccc1)n1ccnc1. The van der Waals surface area contributed by atoms with Gasteiger partial charge in [0.25, 0.3) is 5.91 Å². The topological polar surface area (TPSA) is 38.1 Å². The van der Waals surface area contributed by atoms with E-state index in [2.05, 4.69) is 4.98 Å².